The van der Waals surface area contributed by atoms with Crippen LogP contribution in [0.2, 0.25) is 0 Å². The van der Waals surface area contributed by atoms with Crippen LogP contribution in [0.15, 0.2) is 18.2 Å². The van der Waals surface area contributed by atoms with Gasteiger partial charge in [0.25, 0.3) is 0 Å². The lowest BCUT2D eigenvalue weighted by Crippen LogP contribution is -2.31. The minimum absolute atomic E-state index is 0.111. The number of halogens is 3. The zero-order valence-corrected chi connectivity index (χ0v) is 11.6. The fourth-order valence-electron chi connectivity index (χ4n) is 2.78. The standard InChI is InChI=1S/C15H20F3NO/c1-20-13-9-5-6-11(14(13)15(16,17)18)10-19-12-7-3-2-4-8-12/h5-6,9,12,19H,2-4,7-8,10H2,1H3. The Bertz CT molecular complexity index is 439. The van der Waals surface area contributed by atoms with E-state index in [-0.39, 0.29) is 17.9 Å². The van der Waals surface area contributed by atoms with Crippen LogP contribution in [0, 0.1) is 0 Å². The minimum Gasteiger partial charge on any atom is -0.496 e. The molecule has 1 aliphatic rings. The van der Waals surface area contributed by atoms with Crippen LogP contribution in [-0.2, 0) is 12.7 Å². The zero-order valence-electron chi connectivity index (χ0n) is 11.6. The Labute approximate surface area is 117 Å². The van der Waals surface area contributed by atoms with Gasteiger partial charge in [-0.3, -0.25) is 0 Å². The van der Waals surface area contributed by atoms with E-state index in [2.05, 4.69) is 5.32 Å². The molecule has 5 heteroatoms. The van der Waals surface area contributed by atoms with E-state index in [4.69, 9.17) is 4.74 Å². The highest BCUT2D eigenvalue weighted by Crippen LogP contribution is 2.38. The molecular weight excluding hydrogens is 267 g/mol. The third-order valence-corrected chi connectivity index (χ3v) is 3.80. The molecule has 0 aliphatic heterocycles. The van der Waals surface area contributed by atoms with Gasteiger partial charge in [0.15, 0.2) is 0 Å². The van der Waals surface area contributed by atoms with Crippen molar-refractivity contribution in [2.24, 2.45) is 0 Å². The van der Waals surface area contributed by atoms with Gasteiger partial charge in [-0.1, -0.05) is 31.4 Å². The van der Waals surface area contributed by atoms with Gasteiger partial charge in [-0.2, -0.15) is 13.2 Å². The molecule has 0 saturated heterocycles. The highest BCUT2D eigenvalue weighted by molar-refractivity contribution is 5.42. The van der Waals surface area contributed by atoms with Crippen LogP contribution in [0.4, 0.5) is 13.2 Å². The van der Waals surface area contributed by atoms with Gasteiger partial charge >= 0.3 is 6.18 Å². The van der Waals surface area contributed by atoms with E-state index in [1.165, 1.54) is 25.7 Å². The van der Waals surface area contributed by atoms with E-state index in [1.54, 1.807) is 6.07 Å². The van der Waals surface area contributed by atoms with Gasteiger partial charge in [0.1, 0.15) is 11.3 Å². The maximum Gasteiger partial charge on any atom is 0.420 e. The van der Waals surface area contributed by atoms with Gasteiger partial charge in [-0.25, -0.2) is 0 Å². The minimum atomic E-state index is -4.39. The van der Waals surface area contributed by atoms with E-state index < -0.39 is 11.7 Å². The summed E-state index contributed by atoms with van der Waals surface area (Å²) in [5.74, 6) is -0.111. The van der Waals surface area contributed by atoms with E-state index in [0.29, 0.717) is 6.04 Å². The summed E-state index contributed by atoms with van der Waals surface area (Å²) >= 11 is 0. The van der Waals surface area contributed by atoms with Crippen molar-refractivity contribution >= 4 is 0 Å². The molecule has 0 amide bonds. The van der Waals surface area contributed by atoms with Gasteiger partial charge in [-0.15, -0.1) is 0 Å². The molecule has 0 bridgehead atoms. The highest BCUT2D eigenvalue weighted by atomic mass is 19.4. The Hall–Kier alpha value is -1.23. The molecule has 1 fully saturated rings. The number of alkyl halides is 3. The lowest BCUT2D eigenvalue weighted by Gasteiger charge is -2.24. The molecule has 1 aromatic carbocycles. The summed E-state index contributed by atoms with van der Waals surface area (Å²) in [5, 5.41) is 3.25. The molecule has 2 rings (SSSR count). The topological polar surface area (TPSA) is 21.3 Å². The molecule has 1 aromatic rings. The summed E-state index contributed by atoms with van der Waals surface area (Å²) in [6.45, 7) is 0.233. The van der Waals surface area contributed by atoms with Crippen molar-refractivity contribution in [1.29, 1.82) is 0 Å². The third-order valence-electron chi connectivity index (χ3n) is 3.80. The van der Waals surface area contributed by atoms with Crippen molar-refractivity contribution in [3.05, 3.63) is 29.3 Å². The summed E-state index contributed by atoms with van der Waals surface area (Å²) in [6, 6.07) is 4.80. The van der Waals surface area contributed by atoms with Gasteiger partial charge in [0.05, 0.1) is 7.11 Å². The first-order valence-corrected chi connectivity index (χ1v) is 6.99. The molecule has 1 aliphatic carbocycles. The Morgan fingerprint density at radius 2 is 1.90 bits per heavy atom. The first-order chi connectivity index (χ1) is 9.52. The average molecular weight is 287 g/mol. The molecule has 1 N–H and O–H groups in total. The number of rotatable bonds is 4. The second kappa shape index (κ2) is 6.48. The predicted octanol–water partition coefficient (Wildman–Crippen LogP) is 4.14. The van der Waals surface area contributed by atoms with Crippen LogP contribution in [0.25, 0.3) is 0 Å². The van der Waals surface area contributed by atoms with Crippen molar-refractivity contribution in [3.63, 3.8) is 0 Å². The first-order valence-electron chi connectivity index (χ1n) is 6.99. The van der Waals surface area contributed by atoms with Crippen LogP contribution >= 0.6 is 0 Å². The highest BCUT2D eigenvalue weighted by Gasteiger charge is 2.36. The Balaban J connectivity index is 2.14. The van der Waals surface area contributed by atoms with Crippen LogP contribution in [0.1, 0.15) is 43.2 Å². The van der Waals surface area contributed by atoms with Crippen molar-refractivity contribution in [1.82, 2.24) is 5.32 Å². The third kappa shape index (κ3) is 3.66. The predicted molar refractivity (Wildman–Crippen MR) is 71.7 cm³/mol. The summed E-state index contributed by atoms with van der Waals surface area (Å²) in [4.78, 5) is 0. The van der Waals surface area contributed by atoms with Crippen molar-refractivity contribution in [3.8, 4) is 5.75 Å². The van der Waals surface area contributed by atoms with E-state index in [0.717, 1.165) is 25.7 Å². The smallest absolute Gasteiger partial charge is 0.420 e. The molecule has 112 valence electrons. The fourth-order valence-corrected chi connectivity index (χ4v) is 2.78. The molecule has 0 aromatic heterocycles. The Morgan fingerprint density at radius 3 is 2.50 bits per heavy atom. The molecule has 0 atom stereocenters. The van der Waals surface area contributed by atoms with Crippen LogP contribution in [0.5, 0.6) is 5.75 Å². The maximum absolute atomic E-state index is 13.2. The lowest BCUT2D eigenvalue weighted by atomic mass is 9.95. The number of benzene rings is 1. The van der Waals surface area contributed by atoms with Crippen molar-refractivity contribution in [2.45, 2.75) is 50.9 Å². The van der Waals surface area contributed by atoms with Crippen LogP contribution in [0.3, 0.4) is 0 Å². The quantitative estimate of drug-likeness (QED) is 0.898. The maximum atomic E-state index is 13.2. The molecule has 0 radical (unpaired) electrons. The number of hydrogen-bond donors (Lipinski definition) is 1. The summed E-state index contributed by atoms with van der Waals surface area (Å²) in [5.41, 5.74) is -0.409. The SMILES string of the molecule is COc1cccc(CNC2CCCCC2)c1C(F)(F)F. The fraction of sp³-hybridized carbons (Fsp3) is 0.600. The van der Waals surface area contributed by atoms with Crippen molar-refractivity contribution < 1.29 is 17.9 Å². The van der Waals surface area contributed by atoms with Gasteiger partial charge in [0, 0.05) is 12.6 Å². The molecule has 0 heterocycles. The normalized spacial score (nSPS) is 17.2. The van der Waals surface area contributed by atoms with Gasteiger partial charge in [-0.05, 0) is 24.5 Å². The Morgan fingerprint density at radius 1 is 1.20 bits per heavy atom. The number of ether oxygens (including phenoxy) is 1. The molecule has 2 nitrogen and oxygen atoms in total. The molecule has 0 unspecified atom stereocenters. The number of hydrogen-bond acceptors (Lipinski definition) is 2. The Kier molecular flexibility index (Phi) is 4.91. The largest absolute Gasteiger partial charge is 0.496 e. The average Bonchev–Trinajstić information content (AvgIpc) is 2.44. The second-order valence-corrected chi connectivity index (χ2v) is 5.21. The van der Waals surface area contributed by atoms with Gasteiger partial charge in [0.2, 0.25) is 0 Å². The monoisotopic (exact) mass is 287 g/mol. The number of methoxy groups -OCH3 is 1. The first kappa shape index (κ1) is 15.2. The molecular formula is C15H20F3NO. The van der Waals surface area contributed by atoms with E-state index in [1.807, 2.05) is 0 Å². The van der Waals surface area contributed by atoms with Crippen molar-refractivity contribution in [2.75, 3.05) is 7.11 Å². The molecule has 1 saturated carbocycles. The van der Waals surface area contributed by atoms with E-state index >= 15 is 0 Å². The summed E-state index contributed by atoms with van der Waals surface area (Å²) in [7, 11) is 1.27. The van der Waals surface area contributed by atoms with Crippen LogP contribution < -0.4 is 10.1 Å². The van der Waals surface area contributed by atoms with Crippen LogP contribution in [-0.4, -0.2) is 13.2 Å². The lowest BCUT2D eigenvalue weighted by molar-refractivity contribution is -0.139. The van der Waals surface area contributed by atoms with E-state index in [9.17, 15) is 13.2 Å². The molecule has 20 heavy (non-hydrogen) atoms. The molecule has 0 spiro atoms. The summed E-state index contributed by atoms with van der Waals surface area (Å²) < 4.78 is 44.3. The second-order valence-electron chi connectivity index (χ2n) is 5.21. The number of nitrogens with one attached hydrogen (secondary N) is 1. The summed E-state index contributed by atoms with van der Waals surface area (Å²) in [6.07, 6.45) is 1.24. The van der Waals surface area contributed by atoms with Gasteiger partial charge < -0.3 is 10.1 Å². The zero-order chi connectivity index (χ0) is 14.6.